The van der Waals surface area contributed by atoms with E-state index in [9.17, 15) is 24.9 Å². The third kappa shape index (κ3) is 6.89. The van der Waals surface area contributed by atoms with Gasteiger partial charge in [0.25, 0.3) is 0 Å². The molecular formula is C47H66O7. The number of hydrogen-bond donors (Lipinski definition) is 3. The highest BCUT2D eigenvalue weighted by atomic mass is 16.5. The Kier molecular flexibility index (Phi) is 11.5. The zero-order chi connectivity index (χ0) is 38.2. The predicted octanol–water partition coefficient (Wildman–Crippen LogP) is 8.41. The van der Waals surface area contributed by atoms with Gasteiger partial charge in [-0.05, 0) is 112 Å². The number of esters is 2. The molecule has 2 heterocycles. The fourth-order valence-corrected chi connectivity index (χ4v) is 12.9. The van der Waals surface area contributed by atoms with Gasteiger partial charge in [-0.25, -0.2) is 4.79 Å². The molecule has 7 heteroatoms. The number of cyclic esters (lactones) is 1. The Morgan fingerprint density at radius 2 is 1.67 bits per heavy atom. The molecule has 6 aliphatic rings. The number of carbonyl (C=O) groups is 2. The Morgan fingerprint density at radius 1 is 0.926 bits per heavy atom. The number of benzene rings is 1. The van der Waals surface area contributed by atoms with Gasteiger partial charge in [0, 0.05) is 24.8 Å². The summed E-state index contributed by atoms with van der Waals surface area (Å²) < 4.78 is 12.2. The van der Waals surface area contributed by atoms with Crippen LogP contribution in [0.25, 0.3) is 0 Å². The van der Waals surface area contributed by atoms with Gasteiger partial charge in [-0.3, -0.25) is 4.79 Å². The number of carbonyl (C=O) groups excluding carboxylic acids is 2. The van der Waals surface area contributed by atoms with Crippen molar-refractivity contribution in [2.24, 2.45) is 39.4 Å². The number of hydrogen-bond acceptors (Lipinski definition) is 7. The Balaban J connectivity index is 1.31. The Labute approximate surface area is 324 Å². The van der Waals surface area contributed by atoms with Gasteiger partial charge in [0.05, 0.1) is 34.1 Å². The van der Waals surface area contributed by atoms with E-state index in [1.807, 2.05) is 13.0 Å². The fourth-order valence-electron chi connectivity index (χ4n) is 12.9. The van der Waals surface area contributed by atoms with Gasteiger partial charge in [-0.2, -0.15) is 0 Å². The monoisotopic (exact) mass is 742 g/mol. The average molecular weight is 743 g/mol. The minimum Gasteiger partial charge on any atom is -0.462 e. The first-order valence-electron chi connectivity index (χ1n) is 21.6. The van der Waals surface area contributed by atoms with Crippen LogP contribution in [0.4, 0.5) is 0 Å². The zero-order valence-corrected chi connectivity index (χ0v) is 33.3. The van der Waals surface area contributed by atoms with Crippen LogP contribution in [0, 0.1) is 51.3 Å². The standard InChI is InChI=1S/C47H66O7/c1-33(14-12-17-34-15-6-4-7-16-34)20-21-38(48)47-39(49)23-28-44(3,36-18-8-9-19-36)41(47)37-31-43(2,46(47,52)29-22-35-30-40(50)53-32-35)24-13-27-45(42(51)54-37)25-10-5-11-26-45/h4,6-7,15-16,30,33,36-39,41,48-49,52H,5,8-12,14,17-23,25-29,31-32H2,1-3H3/t33-,37-,38+,39-,41+,43+,44+,46-,47+/m1/s1. The van der Waals surface area contributed by atoms with Crippen LogP contribution in [0.1, 0.15) is 148 Å². The number of ether oxygens (including phenoxy) is 2. The highest BCUT2D eigenvalue weighted by Crippen LogP contribution is 2.72. The van der Waals surface area contributed by atoms with Crippen LogP contribution in [-0.4, -0.2) is 57.8 Å². The average Bonchev–Trinajstić information content (AvgIpc) is 3.87. The molecule has 4 fully saturated rings. The molecule has 1 spiro atoms. The van der Waals surface area contributed by atoms with E-state index in [0.29, 0.717) is 43.9 Å². The SMILES string of the molecule is C[C@H](CCCc1ccccc1)CC[C@H](O)[C@]12[C@H](O)CC[C@@](C)(C3CCCC3)[C@@H]1[C@H]1C[C@](C)(C#CCC3(CCCCC3)C(=O)O1)[C@]2(O)CCC1=CC(=O)OC1. The van der Waals surface area contributed by atoms with Crippen molar-refractivity contribution in [1.29, 1.82) is 0 Å². The smallest absolute Gasteiger partial charge is 0.331 e. The molecule has 9 atom stereocenters. The summed E-state index contributed by atoms with van der Waals surface area (Å²) in [4.78, 5) is 26.8. The van der Waals surface area contributed by atoms with E-state index in [2.05, 4.69) is 50.0 Å². The lowest BCUT2D eigenvalue weighted by molar-refractivity contribution is -0.338. The molecule has 2 aliphatic heterocycles. The van der Waals surface area contributed by atoms with Crippen LogP contribution in [-0.2, 0) is 25.5 Å². The van der Waals surface area contributed by atoms with Crippen molar-refractivity contribution in [2.75, 3.05) is 6.61 Å². The topological polar surface area (TPSA) is 113 Å². The summed E-state index contributed by atoms with van der Waals surface area (Å²) in [6.07, 6.45) is 14.5. The predicted molar refractivity (Wildman–Crippen MR) is 209 cm³/mol. The molecule has 0 amide bonds. The summed E-state index contributed by atoms with van der Waals surface area (Å²) >= 11 is 0. The summed E-state index contributed by atoms with van der Waals surface area (Å²) in [7, 11) is 0. The molecule has 3 N–H and O–H groups in total. The first-order chi connectivity index (χ1) is 25.9. The zero-order valence-electron chi connectivity index (χ0n) is 33.3. The van der Waals surface area contributed by atoms with E-state index in [1.165, 1.54) is 11.6 Å². The molecule has 296 valence electrons. The number of aliphatic hydroxyl groups excluding tert-OH is 2. The lowest BCUT2D eigenvalue weighted by Gasteiger charge is -2.71. The van der Waals surface area contributed by atoms with E-state index in [4.69, 9.17) is 9.47 Å². The first-order valence-corrected chi connectivity index (χ1v) is 21.6. The number of fused-ring (bicyclic) bond motifs is 4. The second-order valence-corrected chi connectivity index (χ2v) is 19.1. The Bertz CT molecular complexity index is 1600. The summed E-state index contributed by atoms with van der Waals surface area (Å²) in [5.74, 6) is 6.71. The van der Waals surface area contributed by atoms with Crippen molar-refractivity contribution < 1.29 is 34.4 Å². The van der Waals surface area contributed by atoms with Crippen molar-refractivity contribution in [2.45, 2.75) is 173 Å². The third-order valence-electron chi connectivity index (χ3n) is 15.9. The van der Waals surface area contributed by atoms with E-state index in [1.54, 1.807) is 0 Å². The van der Waals surface area contributed by atoms with Gasteiger partial charge in [0.2, 0.25) is 0 Å². The normalized spacial score (nSPS) is 37.4. The molecular weight excluding hydrogens is 677 g/mol. The highest BCUT2D eigenvalue weighted by Gasteiger charge is 2.78. The van der Waals surface area contributed by atoms with Crippen molar-refractivity contribution >= 4 is 11.9 Å². The van der Waals surface area contributed by atoms with Gasteiger partial charge < -0.3 is 24.8 Å². The van der Waals surface area contributed by atoms with Crippen molar-refractivity contribution in [3.8, 4) is 11.8 Å². The largest absolute Gasteiger partial charge is 0.462 e. The molecule has 0 unspecified atom stereocenters. The van der Waals surface area contributed by atoms with E-state index < -0.39 is 46.1 Å². The first kappa shape index (κ1) is 39.6. The van der Waals surface area contributed by atoms with Crippen LogP contribution in [0.3, 0.4) is 0 Å². The second-order valence-electron chi connectivity index (χ2n) is 19.1. The van der Waals surface area contributed by atoms with Crippen LogP contribution < -0.4 is 0 Å². The molecule has 0 saturated heterocycles. The summed E-state index contributed by atoms with van der Waals surface area (Å²) in [5.41, 5.74) is -3.11. The van der Waals surface area contributed by atoms with Crippen LogP contribution in [0.15, 0.2) is 42.0 Å². The molecule has 2 bridgehead atoms. The number of aliphatic hydroxyl groups is 3. The molecule has 0 radical (unpaired) electrons. The number of rotatable bonds is 12. The van der Waals surface area contributed by atoms with E-state index in [-0.39, 0.29) is 30.4 Å². The van der Waals surface area contributed by atoms with Gasteiger partial charge in [-0.15, -0.1) is 5.92 Å². The molecule has 7 rings (SSSR count). The summed E-state index contributed by atoms with van der Waals surface area (Å²) in [5, 5.41) is 40.0. The van der Waals surface area contributed by atoms with Crippen molar-refractivity contribution in [3.63, 3.8) is 0 Å². The molecule has 4 aliphatic carbocycles. The van der Waals surface area contributed by atoms with Gasteiger partial charge >= 0.3 is 11.9 Å². The van der Waals surface area contributed by atoms with Crippen LogP contribution >= 0.6 is 0 Å². The molecule has 1 aromatic carbocycles. The fraction of sp³-hybridized carbons (Fsp3) is 0.745. The molecule has 54 heavy (non-hydrogen) atoms. The van der Waals surface area contributed by atoms with E-state index >= 15 is 0 Å². The minimum absolute atomic E-state index is 0.174. The quantitative estimate of drug-likeness (QED) is 0.146. The maximum Gasteiger partial charge on any atom is 0.331 e. The molecule has 1 aromatic rings. The lowest BCUT2D eigenvalue weighted by Crippen LogP contribution is -2.79. The van der Waals surface area contributed by atoms with Crippen LogP contribution in [0.2, 0.25) is 0 Å². The van der Waals surface area contributed by atoms with Gasteiger partial charge in [0.15, 0.2) is 0 Å². The lowest BCUT2D eigenvalue weighted by atomic mass is 9.35. The Hall–Kier alpha value is -2.66. The summed E-state index contributed by atoms with van der Waals surface area (Å²) in [6, 6.07) is 10.5. The maximum absolute atomic E-state index is 14.6. The van der Waals surface area contributed by atoms with Crippen LogP contribution in [0.5, 0.6) is 0 Å². The highest BCUT2D eigenvalue weighted by molar-refractivity contribution is 5.85. The molecule has 0 aromatic heterocycles. The van der Waals surface area contributed by atoms with Crippen molar-refractivity contribution in [1.82, 2.24) is 0 Å². The minimum atomic E-state index is -1.66. The Morgan fingerprint density at radius 3 is 2.37 bits per heavy atom. The van der Waals surface area contributed by atoms with Crippen molar-refractivity contribution in [3.05, 3.63) is 47.5 Å². The van der Waals surface area contributed by atoms with E-state index in [0.717, 1.165) is 95.5 Å². The summed E-state index contributed by atoms with van der Waals surface area (Å²) in [6.45, 7) is 6.75. The maximum atomic E-state index is 14.6. The molecule has 4 saturated carbocycles. The number of aryl methyl sites for hydroxylation is 1. The molecule has 7 nitrogen and oxygen atoms in total. The van der Waals surface area contributed by atoms with Gasteiger partial charge in [0.1, 0.15) is 12.7 Å². The van der Waals surface area contributed by atoms with Gasteiger partial charge in [-0.1, -0.05) is 88.6 Å². The second kappa shape index (κ2) is 15.7. The third-order valence-corrected chi connectivity index (χ3v) is 15.9.